The average Bonchev–Trinajstić information content (AvgIpc) is 3.34. The number of benzene rings is 2. The summed E-state index contributed by atoms with van der Waals surface area (Å²) >= 11 is 7.70. The lowest BCUT2D eigenvalue weighted by atomic mass is 10.2. The highest BCUT2D eigenvalue weighted by molar-refractivity contribution is 7.98. The van der Waals surface area contributed by atoms with E-state index in [-0.39, 0.29) is 5.69 Å². The number of amides is 1. The molecule has 0 aliphatic heterocycles. The molecule has 1 N–H and O–H groups in total. The number of anilines is 1. The molecular weight excluding hydrogens is 512 g/mol. The lowest BCUT2D eigenvalue weighted by Crippen LogP contribution is -2.15. The molecule has 4 aromatic rings. The Labute approximate surface area is 223 Å². The Balaban J connectivity index is 1.55. The Morgan fingerprint density at radius 1 is 1.11 bits per heavy atom. The van der Waals surface area contributed by atoms with E-state index in [0.717, 1.165) is 18.4 Å². The van der Waals surface area contributed by atoms with Crippen LogP contribution < -0.4 is 5.32 Å². The van der Waals surface area contributed by atoms with Crippen molar-refractivity contribution < 1.29 is 14.3 Å². The van der Waals surface area contributed by atoms with Crippen molar-refractivity contribution in [2.24, 2.45) is 0 Å². The molecule has 0 unspecified atom stereocenters. The number of ether oxygens (including phenoxy) is 1. The van der Waals surface area contributed by atoms with Crippen LogP contribution in [-0.2, 0) is 10.5 Å². The monoisotopic (exact) mass is 536 g/mol. The Bertz CT molecular complexity index is 1380. The first-order valence-corrected chi connectivity index (χ1v) is 13.0. The highest BCUT2D eigenvalue weighted by atomic mass is 35.5. The lowest BCUT2D eigenvalue weighted by molar-refractivity contribution is 0.0499. The van der Waals surface area contributed by atoms with Gasteiger partial charge in [0.05, 0.1) is 23.6 Å². The number of nitrogens with zero attached hydrogens (tertiary/aromatic N) is 5. The molecule has 0 aliphatic rings. The molecule has 0 atom stereocenters. The first-order chi connectivity index (χ1) is 18.0. The van der Waals surface area contributed by atoms with Crippen LogP contribution >= 0.6 is 23.4 Å². The number of nitrogens with one attached hydrogen (secondary N) is 1. The van der Waals surface area contributed by atoms with Crippen LogP contribution in [0.4, 0.5) is 5.69 Å². The summed E-state index contributed by atoms with van der Waals surface area (Å²) in [6, 6.07) is 13.8. The molecule has 0 saturated heterocycles. The molecule has 0 fully saturated rings. The van der Waals surface area contributed by atoms with E-state index in [4.69, 9.17) is 16.3 Å². The number of aromatic nitrogens is 5. The largest absolute Gasteiger partial charge is 0.462 e. The fourth-order valence-corrected chi connectivity index (χ4v) is 4.26. The summed E-state index contributed by atoms with van der Waals surface area (Å²) in [6.45, 7) is 4.32. The van der Waals surface area contributed by atoms with Crippen molar-refractivity contribution in [3.8, 4) is 5.69 Å². The van der Waals surface area contributed by atoms with Crippen LogP contribution in [-0.4, -0.2) is 43.4 Å². The number of carbonyl (C=O) groups is 2. The van der Waals surface area contributed by atoms with Crippen molar-refractivity contribution in [2.75, 3.05) is 11.9 Å². The summed E-state index contributed by atoms with van der Waals surface area (Å²) in [5.41, 5.74) is 3.24. The van der Waals surface area contributed by atoms with Gasteiger partial charge >= 0.3 is 5.97 Å². The molecule has 0 bridgehead atoms. The normalized spacial score (nSPS) is 10.8. The van der Waals surface area contributed by atoms with Gasteiger partial charge < -0.3 is 10.1 Å². The Hall–Kier alpha value is -3.76. The number of hydrogen-bond acceptors (Lipinski definition) is 8. The van der Waals surface area contributed by atoms with Crippen LogP contribution in [0, 0.1) is 6.92 Å². The van der Waals surface area contributed by atoms with Crippen molar-refractivity contribution in [2.45, 2.75) is 37.6 Å². The quantitative estimate of drug-likeness (QED) is 0.122. The van der Waals surface area contributed by atoms with Crippen LogP contribution in [0.15, 0.2) is 66.1 Å². The van der Waals surface area contributed by atoms with Gasteiger partial charge in [-0.25, -0.2) is 19.4 Å². The number of carbonyl (C=O) groups excluding carboxylic acids is 2. The zero-order valence-corrected chi connectivity index (χ0v) is 21.9. The molecule has 37 heavy (non-hydrogen) atoms. The Kier molecular flexibility index (Phi) is 8.86. The van der Waals surface area contributed by atoms with Crippen molar-refractivity contribution in [3.63, 3.8) is 0 Å². The van der Waals surface area contributed by atoms with Gasteiger partial charge in [-0.1, -0.05) is 48.0 Å². The molecular formula is C26H25ClN6O3S. The standard InChI is InChI=1S/C26H25ClN6O3S/c1-3-4-14-36-25(35)18-7-9-19(10-8-18)30-24(34)23-22(16-37-26-28-12-5-13-29-26)33(32-31-23)20-11-6-17(2)21(27)15-20/h5-13,15H,3-4,14,16H2,1-2H3,(H,30,34). The second-order valence-corrected chi connectivity index (χ2v) is 9.42. The van der Waals surface area contributed by atoms with Gasteiger partial charge in [-0.15, -0.1) is 5.10 Å². The van der Waals surface area contributed by atoms with Gasteiger partial charge in [0.2, 0.25) is 0 Å². The molecule has 2 aromatic carbocycles. The molecule has 9 nitrogen and oxygen atoms in total. The molecule has 190 valence electrons. The van der Waals surface area contributed by atoms with E-state index in [1.807, 2.05) is 26.0 Å². The Morgan fingerprint density at radius 2 is 1.86 bits per heavy atom. The molecule has 2 heterocycles. The predicted octanol–water partition coefficient (Wildman–Crippen LogP) is 5.52. The first-order valence-electron chi connectivity index (χ1n) is 11.7. The summed E-state index contributed by atoms with van der Waals surface area (Å²) in [4.78, 5) is 33.8. The van der Waals surface area contributed by atoms with E-state index in [1.54, 1.807) is 53.5 Å². The number of aryl methyl sites for hydroxylation is 1. The van der Waals surface area contributed by atoms with Gasteiger partial charge in [-0.05, 0) is 61.4 Å². The summed E-state index contributed by atoms with van der Waals surface area (Å²) in [5, 5.41) is 12.4. The number of unbranched alkanes of at least 4 members (excludes halogenated alkanes) is 1. The molecule has 4 rings (SSSR count). The van der Waals surface area contributed by atoms with Crippen molar-refractivity contribution in [3.05, 3.63) is 88.5 Å². The predicted molar refractivity (Wildman–Crippen MR) is 142 cm³/mol. The fraction of sp³-hybridized carbons (Fsp3) is 0.231. The van der Waals surface area contributed by atoms with Crippen LogP contribution in [0.1, 0.15) is 51.9 Å². The highest BCUT2D eigenvalue weighted by Gasteiger charge is 2.22. The maximum absolute atomic E-state index is 13.2. The van der Waals surface area contributed by atoms with Gasteiger partial charge in [0.25, 0.3) is 5.91 Å². The maximum atomic E-state index is 13.2. The number of esters is 1. The number of halogens is 1. The van der Waals surface area contributed by atoms with Gasteiger partial charge in [0.1, 0.15) is 0 Å². The minimum atomic E-state index is -0.438. The van der Waals surface area contributed by atoms with Crippen molar-refractivity contribution >= 4 is 40.9 Å². The molecule has 1 amide bonds. The van der Waals surface area contributed by atoms with Crippen molar-refractivity contribution in [1.29, 1.82) is 0 Å². The minimum absolute atomic E-state index is 0.156. The zero-order chi connectivity index (χ0) is 26.2. The maximum Gasteiger partial charge on any atom is 0.338 e. The average molecular weight is 537 g/mol. The third-order valence-electron chi connectivity index (χ3n) is 5.37. The fourth-order valence-electron chi connectivity index (χ4n) is 3.29. The van der Waals surface area contributed by atoms with Gasteiger partial charge in [-0.3, -0.25) is 4.79 Å². The smallest absolute Gasteiger partial charge is 0.338 e. The second kappa shape index (κ2) is 12.5. The molecule has 0 aliphatic carbocycles. The van der Waals surface area contributed by atoms with E-state index in [2.05, 4.69) is 25.6 Å². The molecule has 0 saturated carbocycles. The van der Waals surface area contributed by atoms with E-state index in [0.29, 0.717) is 45.2 Å². The summed E-state index contributed by atoms with van der Waals surface area (Å²) in [6.07, 6.45) is 5.06. The zero-order valence-electron chi connectivity index (χ0n) is 20.3. The highest BCUT2D eigenvalue weighted by Crippen LogP contribution is 2.26. The molecule has 0 spiro atoms. The number of hydrogen-bond donors (Lipinski definition) is 1. The molecule has 0 radical (unpaired) electrons. The summed E-state index contributed by atoms with van der Waals surface area (Å²) < 4.78 is 6.82. The summed E-state index contributed by atoms with van der Waals surface area (Å²) in [7, 11) is 0. The van der Waals surface area contributed by atoms with E-state index in [9.17, 15) is 9.59 Å². The van der Waals surface area contributed by atoms with Crippen molar-refractivity contribution in [1.82, 2.24) is 25.0 Å². The minimum Gasteiger partial charge on any atom is -0.462 e. The van der Waals surface area contributed by atoms with Crippen LogP contribution in [0.2, 0.25) is 5.02 Å². The van der Waals surface area contributed by atoms with Crippen LogP contribution in [0.3, 0.4) is 0 Å². The first kappa shape index (κ1) is 26.3. The Morgan fingerprint density at radius 3 is 2.57 bits per heavy atom. The van der Waals surface area contributed by atoms with E-state index >= 15 is 0 Å². The third kappa shape index (κ3) is 6.72. The number of thioether (sulfide) groups is 1. The number of rotatable bonds is 10. The molecule has 11 heteroatoms. The van der Waals surface area contributed by atoms with Crippen LogP contribution in [0.5, 0.6) is 0 Å². The van der Waals surface area contributed by atoms with E-state index in [1.165, 1.54) is 11.8 Å². The third-order valence-corrected chi connectivity index (χ3v) is 6.66. The lowest BCUT2D eigenvalue weighted by Gasteiger charge is -2.10. The van der Waals surface area contributed by atoms with Gasteiger partial charge in [0.15, 0.2) is 10.9 Å². The van der Waals surface area contributed by atoms with E-state index < -0.39 is 11.9 Å². The van der Waals surface area contributed by atoms with Crippen LogP contribution in [0.25, 0.3) is 5.69 Å². The molecule has 2 aromatic heterocycles. The van der Waals surface area contributed by atoms with Gasteiger partial charge in [-0.2, -0.15) is 0 Å². The van der Waals surface area contributed by atoms with Gasteiger partial charge in [0, 0.05) is 28.9 Å². The SMILES string of the molecule is CCCCOC(=O)c1ccc(NC(=O)c2nnn(-c3ccc(C)c(Cl)c3)c2CSc2ncccn2)cc1. The second-order valence-electron chi connectivity index (χ2n) is 8.07. The topological polar surface area (TPSA) is 112 Å². The summed E-state index contributed by atoms with van der Waals surface area (Å²) in [5.74, 6) is -0.492.